The summed E-state index contributed by atoms with van der Waals surface area (Å²) in [6.07, 6.45) is 0. The lowest BCUT2D eigenvalue weighted by Crippen LogP contribution is -2.41. The van der Waals surface area contributed by atoms with Crippen LogP contribution in [0.15, 0.2) is 18.2 Å². The number of hydrogen-bond acceptors (Lipinski definition) is 4. The quantitative estimate of drug-likeness (QED) is 0.804. The van der Waals surface area contributed by atoms with Crippen LogP contribution in [0.4, 0.5) is 0 Å². The molecule has 0 aromatic heterocycles. The van der Waals surface area contributed by atoms with E-state index in [2.05, 4.69) is 25.7 Å². The second-order valence-corrected chi connectivity index (χ2v) is 12.1. The number of rotatable bonds is 3. The van der Waals surface area contributed by atoms with Crippen LogP contribution in [-0.4, -0.2) is 26.6 Å². The molecule has 0 atom stereocenters. The van der Waals surface area contributed by atoms with Crippen LogP contribution in [0, 0.1) is 11.3 Å². The van der Waals surface area contributed by atoms with Crippen LogP contribution >= 0.6 is 0 Å². The molecule has 1 fully saturated rings. The van der Waals surface area contributed by atoms with E-state index in [1.807, 2.05) is 39.8 Å². The normalized spacial score (nSPS) is 19.8. The van der Waals surface area contributed by atoms with E-state index < -0.39 is 15.4 Å². The van der Waals surface area contributed by atoms with Crippen molar-refractivity contribution in [1.29, 1.82) is 5.26 Å². The molecule has 1 saturated heterocycles. The van der Waals surface area contributed by atoms with Crippen molar-refractivity contribution in [3.63, 3.8) is 0 Å². The van der Waals surface area contributed by atoms with Gasteiger partial charge in [-0.3, -0.25) is 0 Å². The Hall–Kier alpha value is -1.29. The first-order chi connectivity index (χ1) is 9.95. The van der Waals surface area contributed by atoms with Crippen molar-refractivity contribution in [2.45, 2.75) is 58.5 Å². The summed E-state index contributed by atoms with van der Waals surface area (Å²) in [4.78, 5) is 0. The highest BCUT2D eigenvalue weighted by Crippen LogP contribution is 2.36. The lowest BCUT2D eigenvalue weighted by Gasteiger charge is -2.32. The highest BCUT2D eigenvalue weighted by molar-refractivity contribution is 6.70. The maximum Gasteiger partial charge on any atom is 0.494 e. The summed E-state index contributed by atoms with van der Waals surface area (Å²) in [7, 11) is -2.24. The first-order valence-electron chi connectivity index (χ1n) is 7.54. The summed E-state index contributed by atoms with van der Waals surface area (Å²) >= 11 is 0. The topological polar surface area (TPSA) is 51.5 Å². The second-order valence-electron chi connectivity index (χ2n) is 7.67. The van der Waals surface area contributed by atoms with Crippen molar-refractivity contribution >= 4 is 20.9 Å². The molecule has 0 aliphatic carbocycles. The average molecular weight is 317 g/mol. The van der Waals surface area contributed by atoms with Gasteiger partial charge in [-0.1, -0.05) is 6.07 Å². The number of benzene rings is 1. The molecule has 6 heteroatoms. The molecule has 1 aromatic carbocycles. The first kappa shape index (κ1) is 17.1. The van der Waals surface area contributed by atoms with Crippen molar-refractivity contribution < 1.29 is 13.7 Å². The maximum absolute atomic E-state index is 9.26. The smallest absolute Gasteiger partial charge is 0.494 e. The van der Waals surface area contributed by atoms with Crippen LogP contribution in [-0.2, 0) is 9.31 Å². The molecule has 2 rings (SSSR count). The Kier molecular flexibility index (Phi) is 4.20. The lowest BCUT2D eigenvalue weighted by molar-refractivity contribution is 0.00578. The third kappa shape index (κ3) is 3.37. The summed E-state index contributed by atoms with van der Waals surface area (Å²) in [5, 5.41) is 9.26. The van der Waals surface area contributed by atoms with Gasteiger partial charge >= 0.3 is 7.12 Å². The third-order valence-corrected chi connectivity index (χ3v) is 4.90. The van der Waals surface area contributed by atoms with E-state index in [9.17, 15) is 5.26 Å². The fourth-order valence-electron chi connectivity index (χ4n) is 2.17. The number of nitrogens with zero attached hydrogens (tertiary/aromatic N) is 1. The molecule has 1 aliphatic rings. The number of hydrogen-bond donors (Lipinski definition) is 0. The van der Waals surface area contributed by atoms with Gasteiger partial charge < -0.3 is 13.7 Å². The van der Waals surface area contributed by atoms with Crippen LogP contribution in [0.3, 0.4) is 0 Å². The lowest BCUT2D eigenvalue weighted by atomic mass is 9.78. The maximum atomic E-state index is 9.26. The molecular weight excluding hydrogens is 293 g/mol. The summed E-state index contributed by atoms with van der Waals surface area (Å²) < 4.78 is 18.2. The van der Waals surface area contributed by atoms with Crippen molar-refractivity contribution in [2.24, 2.45) is 0 Å². The highest BCUT2D eigenvalue weighted by Gasteiger charge is 2.51. The molecule has 0 unspecified atom stereocenters. The molecule has 1 aromatic rings. The predicted octanol–water partition coefficient (Wildman–Crippen LogP) is 3.07. The molecule has 22 heavy (non-hydrogen) atoms. The Bertz CT molecular complexity index is 601. The Morgan fingerprint density at radius 3 is 2.09 bits per heavy atom. The highest BCUT2D eigenvalue weighted by atomic mass is 28.4. The van der Waals surface area contributed by atoms with Gasteiger partial charge in [-0.05, 0) is 64.9 Å². The summed E-state index contributed by atoms with van der Waals surface area (Å²) in [6.45, 7) is 14.4. The Labute approximate surface area is 134 Å². The fourth-order valence-corrected chi connectivity index (χ4v) is 3.00. The predicted molar refractivity (Wildman–Crippen MR) is 90.8 cm³/mol. The van der Waals surface area contributed by atoms with Gasteiger partial charge in [0, 0.05) is 0 Å². The summed E-state index contributed by atoms with van der Waals surface area (Å²) in [5.74, 6) is 0.619. The van der Waals surface area contributed by atoms with Gasteiger partial charge in [-0.15, -0.1) is 0 Å². The molecular formula is C16H24BNO3Si. The molecule has 0 saturated carbocycles. The van der Waals surface area contributed by atoms with E-state index in [0.29, 0.717) is 11.3 Å². The van der Waals surface area contributed by atoms with E-state index in [1.165, 1.54) is 0 Å². The van der Waals surface area contributed by atoms with Crippen LogP contribution < -0.4 is 9.89 Å². The largest absolute Gasteiger partial charge is 0.543 e. The van der Waals surface area contributed by atoms with Gasteiger partial charge in [-0.25, -0.2) is 0 Å². The molecule has 0 radical (unpaired) electrons. The van der Waals surface area contributed by atoms with Crippen molar-refractivity contribution in [3.05, 3.63) is 23.8 Å². The minimum absolute atomic E-state index is 0.384. The Morgan fingerprint density at radius 1 is 1.09 bits per heavy atom. The van der Waals surface area contributed by atoms with Crippen molar-refractivity contribution in [1.82, 2.24) is 0 Å². The second kappa shape index (κ2) is 5.41. The van der Waals surface area contributed by atoms with Gasteiger partial charge in [0.1, 0.15) is 11.8 Å². The summed E-state index contributed by atoms with van der Waals surface area (Å²) in [6, 6.07) is 7.70. The average Bonchev–Trinajstić information content (AvgIpc) is 2.56. The summed E-state index contributed by atoms with van der Waals surface area (Å²) in [5.41, 5.74) is 0.657. The van der Waals surface area contributed by atoms with Crippen LogP contribution in [0.2, 0.25) is 19.6 Å². The van der Waals surface area contributed by atoms with Crippen molar-refractivity contribution in [3.8, 4) is 11.8 Å². The molecule has 0 bridgehead atoms. The van der Waals surface area contributed by atoms with E-state index in [4.69, 9.17) is 13.7 Å². The SMILES string of the molecule is CC1(C)OB(c2ccc(C#N)c(O[Si](C)(C)C)c2)OC1(C)C. The van der Waals surface area contributed by atoms with Gasteiger partial charge in [-0.2, -0.15) is 5.26 Å². The van der Waals surface area contributed by atoms with E-state index in [1.54, 1.807) is 6.07 Å². The van der Waals surface area contributed by atoms with E-state index in [-0.39, 0.29) is 11.2 Å². The van der Waals surface area contributed by atoms with E-state index >= 15 is 0 Å². The van der Waals surface area contributed by atoms with Gasteiger partial charge in [0.15, 0.2) is 0 Å². The monoisotopic (exact) mass is 317 g/mol. The molecule has 1 heterocycles. The molecule has 0 N–H and O–H groups in total. The van der Waals surface area contributed by atoms with Crippen molar-refractivity contribution in [2.75, 3.05) is 0 Å². The van der Waals surface area contributed by atoms with Crippen LogP contribution in [0.5, 0.6) is 5.75 Å². The third-order valence-electron chi connectivity index (χ3n) is 4.07. The minimum Gasteiger partial charge on any atom is -0.543 e. The van der Waals surface area contributed by atoms with Crippen LogP contribution in [0.25, 0.3) is 0 Å². The fraction of sp³-hybridized carbons (Fsp3) is 0.562. The standard InChI is InChI=1S/C16H24BNO3Si/c1-15(2)16(3,4)21-17(20-15)13-9-8-12(11-18)14(10-13)19-22(5,6)7/h8-10H,1-7H3. The zero-order valence-electron chi connectivity index (χ0n) is 14.5. The van der Waals surface area contributed by atoms with Gasteiger partial charge in [0.05, 0.1) is 16.8 Å². The van der Waals surface area contributed by atoms with Gasteiger partial charge in [0.25, 0.3) is 0 Å². The van der Waals surface area contributed by atoms with Crippen LogP contribution in [0.1, 0.15) is 33.3 Å². The zero-order valence-corrected chi connectivity index (χ0v) is 15.5. The number of nitriles is 1. The molecule has 0 amide bonds. The Morgan fingerprint density at radius 2 is 1.64 bits per heavy atom. The molecule has 1 aliphatic heterocycles. The molecule has 0 spiro atoms. The minimum atomic E-state index is -1.80. The Balaban J connectivity index is 2.35. The zero-order chi connectivity index (χ0) is 16.8. The van der Waals surface area contributed by atoms with E-state index in [0.717, 1.165) is 5.46 Å². The van der Waals surface area contributed by atoms with Gasteiger partial charge in [0.2, 0.25) is 8.32 Å². The molecule has 118 valence electrons. The first-order valence-corrected chi connectivity index (χ1v) is 10.9. The molecule has 4 nitrogen and oxygen atoms in total.